The van der Waals surface area contributed by atoms with Crippen LogP contribution < -0.4 is 10.6 Å². The Labute approximate surface area is 230 Å². The predicted octanol–water partition coefficient (Wildman–Crippen LogP) is 5.10. The summed E-state index contributed by atoms with van der Waals surface area (Å²) < 4.78 is 57.0. The molecule has 2 fully saturated rings. The summed E-state index contributed by atoms with van der Waals surface area (Å²) in [6.07, 6.45) is 3.34. The summed E-state index contributed by atoms with van der Waals surface area (Å²) in [6, 6.07) is 7.21. The first-order chi connectivity index (χ1) is 17.8. The zero-order valence-corrected chi connectivity index (χ0v) is 23.6. The van der Waals surface area contributed by atoms with E-state index in [1.807, 2.05) is 6.92 Å². The molecule has 1 amide bonds. The van der Waals surface area contributed by atoms with Crippen molar-refractivity contribution in [2.24, 2.45) is 17.8 Å². The van der Waals surface area contributed by atoms with Gasteiger partial charge in [-0.2, -0.15) is 4.31 Å². The Balaban J connectivity index is 1.66. The van der Waals surface area contributed by atoms with Gasteiger partial charge in [-0.05, 0) is 42.9 Å². The minimum absolute atomic E-state index is 0.222. The van der Waals surface area contributed by atoms with Crippen LogP contribution in [0.2, 0.25) is 0 Å². The number of carbonyl (C=O) groups excluding carboxylic acids is 1. The minimum atomic E-state index is -3.70. The molecular weight excluding hydrogens is 532 g/mol. The summed E-state index contributed by atoms with van der Waals surface area (Å²) in [5.41, 5.74) is 0.687. The highest BCUT2D eigenvalue weighted by Gasteiger charge is 2.47. The normalized spacial score (nSPS) is 25.7. The molecule has 2 N–H and O–H groups in total. The summed E-state index contributed by atoms with van der Waals surface area (Å²) in [6.45, 7) is 12.5. The summed E-state index contributed by atoms with van der Waals surface area (Å²) in [7, 11) is -3.70. The first-order valence-electron chi connectivity index (χ1n) is 13.0. The highest BCUT2D eigenvalue weighted by molar-refractivity contribution is 7.89. The van der Waals surface area contributed by atoms with Gasteiger partial charge >= 0.3 is 0 Å². The summed E-state index contributed by atoms with van der Waals surface area (Å²) in [4.78, 5) is 13.2. The molecule has 210 valence electrons. The molecule has 1 aromatic carbocycles. The van der Waals surface area contributed by atoms with Gasteiger partial charge in [0.25, 0.3) is 5.92 Å². The highest BCUT2D eigenvalue weighted by Crippen LogP contribution is 2.42. The van der Waals surface area contributed by atoms with E-state index in [1.165, 1.54) is 4.31 Å². The van der Waals surface area contributed by atoms with Gasteiger partial charge in [-0.1, -0.05) is 68.5 Å². The van der Waals surface area contributed by atoms with Crippen molar-refractivity contribution in [3.8, 4) is 0 Å². The predicted molar refractivity (Wildman–Crippen MR) is 147 cm³/mol. The second-order valence-corrected chi connectivity index (χ2v) is 12.8. The third-order valence-corrected chi connectivity index (χ3v) is 9.81. The van der Waals surface area contributed by atoms with Gasteiger partial charge < -0.3 is 10.6 Å². The fourth-order valence-corrected chi connectivity index (χ4v) is 6.96. The number of benzene rings is 1. The minimum Gasteiger partial charge on any atom is -0.353 e. The number of hydrogen-bond donors (Lipinski definition) is 2. The van der Waals surface area contributed by atoms with E-state index >= 15 is 0 Å². The maximum Gasteiger partial charge on any atom is 0.250 e. The van der Waals surface area contributed by atoms with E-state index in [-0.39, 0.29) is 29.2 Å². The van der Waals surface area contributed by atoms with E-state index in [0.717, 1.165) is 0 Å². The Morgan fingerprint density at radius 1 is 1.18 bits per heavy atom. The van der Waals surface area contributed by atoms with Crippen LogP contribution in [0.3, 0.4) is 0 Å². The number of alkyl halides is 2. The van der Waals surface area contributed by atoms with Gasteiger partial charge in [0.15, 0.2) is 0 Å². The topological polar surface area (TPSA) is 78.5 Å². The molecule has 2 aliphatic rings. The van der Waals surface area contributed by atoms with Gasteiger partial charge in [0.1, 0.15) is 0 Å². The van der Waals surface area contributed by atoms with Gasteiger partial charge in [-0.15, -0.1) is 0 Å². The number of sulfonamides is 1. The smallest absolute Gasteiger partial charge is 0.250 e. The van der Waals surface area contributed by atoms with Crippen LogP contribution in [0.5, 0.6) is 0 Å². The van der Waals surface area contributed by atoms with E-state index in [0.29, 0.717) is 43.1 Å². The molecule has 0 spiro atoms. The van der Waals surface area contributed by atoms with Gasteiger partial charge in [0.05, 0.1) is 4.90 Å². The Hall–Kier alpha value is -2.07. The van der Waals surface area contributed by atoms with Crippen LogP contribution >= 0.6 is 11.6 Å². The number of rotatable bonds is 11. The molecule has 1 saturated heterocycles. The Bertz CT molecular complexity index is 1140. The van der Waals surface area contributed by atoms with Crippen molar-refractivity contribution in [2.45, 2.75) is 62.4 Å². The van der Waals surface area contributed by atoms with Crippen LogP contribution in [0.25, 0.3) is 0 Å². The lowest BCUT2D eigenvalue weighted by atomic mass is 9.87. The van der Waals surface area contributed by atoms with Crippen molar-refractivity contribution in [3.63, 3.8) is 0 Å². The second kappa shape index (κ2) is 12.9. The number of nitrogens with zero attached hydrogens (tertiary/aromatic N) is 1. The Morgan fingerprint density at radius 3 is 2.53 bits per heavy atom. The van der Waals surface area contributed by atoms with Crippen LogP contribution in [0, 0.1) is 17.8 Å². The molecule has 1 aliphatic heterocycles. The molecule has 1 heterocycles. The average molecular weight is 570 g/mol. The molecule has 1 saturated carbocycles. The highest BCUT2D eigenvalue weighted by atomic mass is 35.5. The van der Waals surface area contributed by atoms with Crippen LogP contribution in [-0.2, 0) is 14.8 Å². The number of hydrogen-bond acceptors (Lipinski definition) is 4. The van der Waals surface area contributed by atoms with E-state index in [4.69, 9.17) is 11.6 Å². The third kappa shape index (κ3) is 7.74. The first-order valence-corrected chi connectivity index (χ1v) is 14.8. The zero-order valence-electron chi connectivity index (χ0n) is 22.0. The number of carbonyl (C=O) groups is 1. The standard InChI is InChI=1S/C28H38ClF2N3O3S/c1-19(10-11-20(2)29)21(3)22(4)27(35)33-26-17-28(30,31)16-23(26)12-13-24-18-32-14-15-34(24)38(36,37)25-8-6-5-7-9-25/h5-11,21-24,26,32H,1-2,12-18H2,3-4H3,(H,33,35)/b11-10-/t21-,22-,23?,24-,26?/m0/s1. The maximum absolute atomic E-state index is 14.5. The molecule has 0 aromatic heterocycles. The Kier molecular flexibility index (Phi) is 10.3. The van der Waals surface area contributed by atoms with E-state index < -0.39 is 40.2 Å². The van der Waals surface area contributed by atoms with Crippen LogP contribution in [0.1, 0.15) is 39.5 Å². The molecule has 3 rings (SSSR count). The van der Waals surface area contributed by atoms with Crippen molar-refractivity contribution in [2.75, 3.05) is 19.6 Å². The fourth-order valence-electron chi connectivity index (χ4n) is 5.22. The van der Waals surface area contributed by atoms with Gasteiger partial charge in [-0.3, -0.25) is 4.79 Å². The van der Waals surface area contributed by atoms with Crippen LogP contribution in [-0.4, -0.2) is 56.3 Å². The molecule has 0 radical (unpaired) electrons. The molecule has 38 heavy (non-hydrogen) atoms. The maximum atomic E-state index is 14.5. The largest absolute Gasteiger partial charge is 0.353 e. The van der Waals surface area contributed by atoms with Crippen molar-refractivity contribution < 1.29 is 22.0 Å². The molecule has 1 aromatic rings. The SMILES string of the molecule is C=C(Cl)/C=C\C(=C)[C@H](C)[C@H](C)C(=O)NC1CC(F)(F)CC1CC[C@H]1CNCCN1S(=O)(=O)c1ccccc1. The number of allylic oxidation sites excluding steroid dienone is 4. The van der Waals surface area contributed by atoms with Gasteiger partial charge in [0.2, 0.25) is 15.9 Å². The summed E-state index contributed by atoms with van der Waals surface area (Å²) >= 11 is 5.76. The zero-order chi connectivity index (χ0) is 28.1. The van der Waals surface area contributed by atoms with Crippen molar-refractivity contribution >= 4 is 27.5 Å². The van der Waals surface area contributed by atoms with E-state index in [1.54, 1.807) is 49.4 Å². The van der Waals surface area contributed by atoms with Crippen LogP contribution in [0.4, 0.5) is 8.78 Å². The molecule has 6 nitrogen and oxygen atoms in total. The van der Waals surface area contributed by atoms with Crippen molar-refractivity contribution in [1.82, 2.24) is 14.9 Å². The summed E-state index contributed by atoms with van der Waals surface area (Å²) in [5.74, 6) is -4.36. The average Bonchev–Trinajstić information content (AvgIpc) is 3.18. The lowest BCUT2D eigenvalue weighted by Crippen LogP contribution is -2.53. The van der Waals surface area contributed by atoms with Crippen LogP contribution in [0.15, 0.2) is 71.1 Å². The number of piperazine rings is 1. The number of halogens is 3. The monoisotopic (exact) mass is 569 g/mol. The first kappa shape index (κ1) is 30.5. The number of nitrogens with one attached hydrogen (secondary N) is 2. The van der Waals surface area contributed by atoms with Crippen molar-refractivity contribution in [3.05, 3.63) is 66.2 Å². The fraction of sp³-hybridized carbons (Fsp3) is 0.536. The summed E-state index contributed by atoms with van der Waals surface area (Å²) in [5, 5.41) is 6.43. The lowest BCUT2D eigenvalue weighted by Gasteiger charge is -2.36. The lowest BCUT2D eigenvalue weighted by molar-refractivity contribution is -0.126. The molecule has 5 atom stereocenters. The van der Waals surface area contributed by atoms with E-state index in [2.05, 4.69) is 23.8 Å². The number of amides is 1. The molecular formula is C28H38ClF2N3O3S. The quantitative estimate of drug-likeness (QED) is 0.364. The molecule has 2 unspecified atom stereocenters. The molecule has 1 aliphatic carbocycles. The molecule has 0 bridgehead atoms. The van der Waals surface area contributed by atoms with Gasteiger partial charge in [0, 0.05) is 55.5 Å². The molecule has 10 heteroatoms. The van der Waals surface area contributed by atoms with Crippen molar-refractivity contribution in [1.29, 1.82) is 0 Å². The van der Waals surface area contributed by atoms with Gasteiger partial charge in [-0.25, -0.2) is 17.2 Å². The van der Waals surface area contributed by atoms with E-state index in [9.17, 15) is 22.0 Å². The third-order valence-electron chi connectivity index (χ3n) is 7.72. The second-order valence-electron chi connectivity index (χ2n) is 10.4. The Morgan fingerprint density at radius 2 is 1.87 bits per heavy atom.